The van der Waals surface area contributed by atoms with Crippen molar-refractivity contribution < 1.29 is 9.59 Å². The number of rotatable bonds is 2. The Bertz CT molecular complexity index is 130. The molecule has 0 heterocycles. The molecule has 0 aromatic carbocycles. The molecule has 0 fully saturated rings. The predicted octanol–water partition coefficient (Wildman–Crippen LogP) is -1.01. The molecule has 0 aromatic rings. The molecular formula is C5H12N4O2. The van der Waals surface area contributed by atoms with Crippen molar-refractivity contribution in [2.24, 2.45) is 0 Å². The Hall–Kier alpha value is -1.39. The molecule has 64 valence electrons. The lowest BCUT2D eigenvalue weighted by atomic mass is 10.9. The molecule has 0 aliphatic carbocycles. The molecule has 11 heavy (non-hydrogen) atoms. The van der Waals surface area contributed by atoms with Gasteiger partial charge in [-0.3, -0.25) is 0 Å². The Kier molecular flexibility index (Phi) is 12.8. The van der Waals surface area contributed by atoms with Crippen molar-refractivity contribution in [3.05, 3.63) is 0 Å². The second-order valence-corrected chi connectivity index (χ2v) is 1.39. The molecule has 0 atom stereocenters. The fourth-order valence-corrected chi connectivity index (χ4v) is 0.257. The molecule has 4 N–H and O–H groups in total. The highest BCUT2D eigenvalue weighted by Crippen LogP contribution is 1.54. The number of carbonyl (C=O) groups excluding carboxylic acids is 2. The Morgan fingerprint density at radius 3 is 2.27 bits per heavy atom. The summed E-state index contributed by atoms with van der Waals surface area (Å²) in [6, 6.07) is -0.167. The van der Waals surface area contributed by atoms with E-state index in [4.69, 9.17) is 10.2 Å². The lowest BCUT2D eigenvalue weighted by molar-refractivity contribution is 0.242. The summed E-state index contributed by atoms with van der Waals surface area (Å²) < 4.78 is 0. The van der Waals surface area contributed by atoms with Crippen LogP contribution in [0.3, 0.4) is 0 Å². The number of carbonyl (C=O) groups is 1. The van der Waals surface area contributed by atoms with Crippen LogP contribution in [0.2, 0.25) is 0 Å². The normalized spacial score (nSPS) is 6.73. The third kappa shape index (κ3) is 17.7. The average Bonchev–Trinajstić information content (AvgIpc) is 2.02. The summed E-state index contributed by atoms with van der Waals surface area (Å²) >= 11 is 0. The van der Waals surface area contributed by atoms with E-state index in [0.29, 0.717) is 6.67 Å². The van der Waals surface area contributed by atoms with Crippen molar-refractivity contribution in [2.75, 3.05) is 20.8 Å². The number of urea groups is 1. The van der Waals surface area contributed by atoms with Crippen molar-refractivity contribution in [3.8, 4) is 0 Å². The fraction of sp³-hybridized carbons (Fsp3) is 0.600. The second-order valence-electron chi connectivity index (χ2n) is 1.39. The molecule has 0 aliphatic rings. The van der Waals surface area contributed by atoms with E-state index >= 15 is 0 Å². The highest BCUT2D eigenvalue weighted by Gasteiger charge is 1.88. The first-order valence-corrected chi connectivity index (χ1v) is 2.87. The molecule has 0 unspecified atom stereocenters. The van der Waals surface area contributed by atoms with Gasteiger partial charge in [-0.2, -0.15) is 0 Å². The van der Waals surface area contributed by atoms with Crippen LogP contribution < -0.4 is 16.0 Å². The van der Waals surface area contributed by atoms with Crippen LogP contribution in [0.15, 0.2) is 0 Å². The second kappa shape index (κ2) is 11.4. The maximum absolute atomic E-state index is 10.3. The SMILES string of the molecule is CNCNC(=O)NC.N=C=O. The van der Waals surface area contributed by atoms with Crippen LogP contribution in [0.4, 0.5) is 4.79 Å². The van der Waals surface area contributed by atoms with Gasteiger partial charge in [0.15, 0.2) is 0 Å². The molecule has 0 rings (SSSR count). The first-order valence-electron chi connectivity index (χ1n) is 2.87. The summed E-state index contributed by atoms with van der Waals surface area (Å²) in [7, 11) is 3.33. The highest BCUT2D eigenvalue weighted by molar-refractivity contribution is 5.73. The number of hydrogen-bond donors (Lipinski definition) is 4. The number of amides is 2. The van der Waals surface area contributed by atoms with Gasteiger partial charge in [-0.25, -0.2) is 15.0 Å². The average molecular weight is 160 g/mol. The van der Waals surface area contributed by atoms with Crippen molar-refractivity contribution in [2.45, 2.75) is 0 Å². The Morgan fingerprint density at radius 2 is 2.00 bits per heavy atom. The van der Waals surface area contributed by atoms with Crippen LogP contribution in [0.1, 0.15) is 0 Å². The quantitative estimate of drug-likeness (QED) is 0.237. The van der Waals surface area contributed by atoms with Gasteiger partial charge < -0.3 is 16.0 Å². The molecule has 6 nitrogen and oxygen atoms in total. The first kappa shape index (κ1) is 12.3. The van der Waals surface area contributed by atoms with Crippen molar-refractivity contribution >= 4 is 12.1 Å². The van der Waals surface area contributed by atoms with Crippen molar-refractivity contribution in [1.82, 2.24) is 16.0 Å². The molecule has 0 bridgehead atoms. The third-order valence-electron chi connectivity index (χ3n) is 0.653. The molecule has 0 spiro atoms. The molecule has 6 heteroatoms. The first-order chi connectivity index (χ1) is 5.22. The number of hydrogen-bond acceptors (Lipinski definition) is 4. The van der Waals surface area contributed by atoms with Gasteiger partial charge in [0, 0.05) is 7.05 Å². The van der Waals surface area contributed by atoms with E-state index in [1.807, 2.05) is 0 Å². The smallest absolute Gasteiger partial charge is 0.315 e. The minimum Gasteiger partial charge on any atom is -0.341 e. The summed E-state index contributed by atoms with van der Waals surface area (Å²) in [5.41, 5.74) is 0. The number of isocyanates is 1. The van der Waals surface area contributed by atoms with Gasteiger partial charge in [0.1, 0.15) is 0 Å². The molecule has 2 amide bonds. The molecule has 0 aromatic heterocycles. The minimum atomic E-state index is -0.167. The lowest BCUT2D eigenvalue weighted by Gasteiger charge is -2.00. The van der Waals surface area contributed by atoms with Gasteiger partial charge in [0.25, 0.3) is 0 Å². The molecule has 0 saturated heterocycles. The van der Waals surface area contributed by atoms with Gasteiger partial charge in [0.2, 0.25) is 6.08 Å². The van der Waals surface area contributed by atoms with Crippen LogP contribution in [0, 0.1) is 5.41 Å². The number of nitrogens with one attached hydrogen (secondary N) is 4. The standard InChI is InChI=1S/C4H11N3O.CHNO/c1-5-3-7-4(8)6-2;2-1-3/h5H,3H2,1-2H3,(H2,6,7,8);2H. The summed E-state index contributed by atoms with van der Waals surface area (Å²) in [4.78, 5) is 18.7. The van der Waals surface area contributed by atoms with Gasteiger partial charge in [-0.1, -0.05) is 0 Å². The van der Waals surface area contributed by atoms with E-state index in [1.54, 1.807) is 14.1 Å². The fourth-order valence-electron chi connectivity index (χ4n) is 0.257. The van der Waals surface area contributed by atoms with E-state index in [-0.39, 0.29) is 6.03 Å². The zero-order valence-electron chi connectivity index (χ0n) is 6.52. The van der Waals surface area contributed by atoms with Gasteiger partial charge in [-0.15, -0.1) is 0 Å². The van der Waals surface area contributed by atoms with E-state index in [2.05, 4.69) is 16.0 Å². The maximum Gasteiger partial charge on any atom is 0.315 e. The third-order valence-corrected chi connectivity index (χ3v) is 0.653. The van der Waals surface area contributed by atoms with E-state index in [9.17, 15) is 4.79 Å². The van der Waals surface area contributed by atoms with Crippen LogP contribution in [-0.2, 0) is 4.79 Å². The lowest BCUT2D eigenvalue weighted by Crippen LogP contribution is -2.37. The topological polar surface area (TPSA) is 94.1 Å². The molecule has 0 radical (unpaired) electrons. The largest absolute Gasteiger partial charge is 0.341 e. The van der Waals surface area contributed by atoms with Crippen LogP contribution in [-0.4, -0.2) is 32.9 Å². The van der Waals surface area contributed by atoms with E-state index in [0.717, 1.165) is 6.08 Å². The van der Waals surface area contributed by atoms with E-state index in [1.165, 1.54) is 0 Å². The van der Waals surface area contributed by atoms with Crippen molar-refractivity contribution in [3.63, 3.8) is 0 Å². The Labute approximate surface area is 64.9 Å². The zero-order chi connectivity index (χ0) is 9.11. The van der Waals surface area contributed by atoms with Crippen LogP contribution >= 0.6 is 0 Å². The van der Waals surface area contributed by atoms with E-state index < -0.39 is 0 Å². The van der Waals surface area contributed by atoms with Gasteiger partial charge in [0.05, 0.1) is 6.67 Å². The van der Waals surface area contributed by atoms with Crippen molar-refractivity contribution in [1.29, 1.82) is 5.41 Å². The minimum absolute atomic E-state index is 0.167. The van der Waals surface area contributed by atoms with Crippen LogP contribution in [0.25, 0.3) is 0 Å². The predicted molar refractivity (Wildman–Crippen MR) is 39.9 cm³/mol. The monoisotopic (exact) mass is 160 g/mol. The zero-order valence-corrected chi connectivity index (χ0v) is 6.52. The summed E-state index contributed by atoms with van der Waals surface area (Å²) in [5.74, 6) is 0. The molecule has 0 aliphatic heterocycles. The molecule has 0 saturated carbocycles. The highest BCUT2D eigenvalue weighted by atomic mass is 16.2. The Morgan fingerprint density at radius 1 is 1.55 bits per heavy atom. The maximum atomic E-state index is 10.3. The summed E-state index contributed by atoms with van der Waals surface area (Å²) in [6.45, 7) is 0.500. The summed E-state index contributed by atoms with van der Waals surface area (Å²) in [6.07, 6.45) is 0.750. The Balaban J connectivity index is 0. The van der Waals surface area contributed by atoms with Gasteiger partial charge >= 0.3 is 6.03 Å². The summed E-state index contributed by atoms with van der Waals surface area (Å²) in [5, 5.41) is 13.1. The molecular weight excluding hydrogens is 148 g/mol. The van der Waals surface area contributed by atoms with Gasteiger partial charge in [-0.05, 0) is 7.05 Å². The van der Waals surface area contributed by atoms with Crippen LogP contribution in [0.5, 0.6) is 0 Å².